The maximum absolute atomic E-state index is 5.79. The molecule has 2 aromatic rings. The maximum Gasteiger partial charge on any atom is 0.122 e. The molecule has 1 heterocycles. The van der Waals surface area contributed by atoms with Gasteiger partial charge in [-0.1, -0.05) is 31.2 Å². The molecule has 0 radical (unpaired) electrons. The predicted octanol–water partition coefficient (Wildman–Crippen LogP) is 3.48. The summed E-state index contributed by atoms with van der Waals surface area (Å²) < 4.78 is 5.79. The Balaban J connectivity index is 1.69. The molecule has 0 aliphatic heterocycles. The fourth-order valence-corrected chi connectivity index (χ4v) is 2.47. The standard InChI is InChI=1S/C15H19NOS/c1-2-13-6-3-4-8-15(13)17-10-9-16-12-14-7-5-11-18-14/h3-8,11,16H,2,9-10,12H2,1H3. The van der Waals surface area contributed by atoms with Crippen molar-refractivity contribution < 1.29 is 4.74 Å². The largest absolute Gasteiger partial charge is 0.492 e. The van der Waals surface area contributed by atoms with Crippen molar-refractivity contribution in [1.82, 2.24) is 5.32 Å². The third kappa shape index (κ3) is 3.86. The van der Waals surface area contributed by atoms with E-state index in [1.807, 2.05) is 12.1 Å². The van der Waals surface area contributed by atoms with Gasteiger partial charge in [0.15, 0.2) is 0 Å². The molecule has 2 rings (SSSR count). The molecule has 0 saturated heterocycles. The Kier molecular flexibility index (Phi) is 5.24. The maximum atomic E-state index is 5.79. The first-order valence-electron chi connectivity index (χ1n) is 6.34. The van der Waals surface area contributed by atoms with Crippen LogP contribution in [0.2, 0.25) is 0 Å². The molecular formula is C15H19NOS. The first-order chi connectivity index (χ1) is 8.90. The van der Waals surface area contributed by atoms with E-state index in [2.05, 4.69) is 41.9 Å². The zero-order valence-corrected chi connectivity index (χ0v) is 11.5. The minimum absolute atomic E-state index is 0.711. The fourth-order valence-electron chi connectivity index (χ4n) is 1.79. The Labute approximate surface area is 113 Å². The summed E-state index contributed by atoms with van der Waals surface area (Å²) in [4.78, 5) is 1.36. The van der Waals surface area contributed by atoms with Crippen LogP contribution in [0, 0.1) is 0 Å². The second-order valence-corrected chi connectivity index (χ2v) is 5.10. The van der Waals surface area contributed by atoms with E-state index < -0.39 is 0 Å². The molecular weight excluding hydrogens is 242 g/mol. The summed E-state index contributed by atoms with van der Waals surface area (Å²) in [7, 11) is 0. The summed E-state index contributed by atoms with van der Waals surface area (Å²) in [6.07, 6.45) is 1.01. The molecule has 1 aromatic heterocycles. The molecule has 0 aliphatic rings. The van der Waals surface area contributed by atoms with Gasteiger partial charge in [0.05, 0.1) is 0 Å². The van der Waals surface area contributed by atoms with Crippen LogP contribution in [-0.4, -0.2) is 13.2 Å². The van der Waals surface area contributed by atoms with Gasteiger partial charge in [-0.15, -0.1) is 11.3 Å². The van der Waals surface area contributed by atoms with E-state index in [1.54, 1.807) is 11.3 Å². The molecule has 18 heavy (non-hydrogen) atoms. The number of thiophene rings is 1. The van der Waals surface area contributed by atoms with Gasteiger partial charge in [-0.3, -0.25) is 0 Å². The van der Waals surface area contributed by atoms with Crippen molar-refractivity contribution in [3.63, 3.8) is 0 Å². The van der Waals surface area contributed by atoms with Crippen LogP contribution in [0.25, 0.3) is 0 Å². The molecule has 0 unspecified atom stereocenters. The summed E-state index contributed by atoms with van der Waals surface area (Å²) >= 11 is 1.78. The van der Waals surface area contributed by atoms with Gasteiger partial charge in [-0.05, 0) is 29.5 Å². The summed E-state index contributed by atoms with van der Waals surface area (Å²) in [6.45, 7) is 4.66. The molecule has 2 nitrogen and oxygen atoms in total. The van der Waals surface area contributed by atoms with Crippen LogP contribution >= 0.6 is 11.3 Å². The lowest BCUT2D eigenvalue weighted by Crippen LogP contribution is -2.20. The molecule has 1 aromatic carbocycles. The first-order valence-corrected chi connectivity index (χ1v) is 7.22. The van der Waals surface area contributed by atoms with Crippen LogP contribution < -0.4 is 10.1 Å². The minimum Gasteiger partial charge on any atom is -0.492 e. The quantitative estimate of drug-likeness (QED) is 0.770. The van der Waals surface area contributed by atoms with Gasteiger partial charge in [0.2, 0.25) is 0 Å². The van der Waals surface area contributed by atoms with Crippen molar-refractivity contribution in [2.75, 3.05) is 13.2 Å². The Morgan fingerprint density at radius 2 is 2.06 bits per heavy atom. The predicted molar refractivity (Wildman–Crippen MR) is 77.3 cm³/mol. The molecule has 0 amide bonds. The Bertz CT molecular complexity index is 453. The summed E-state index contributed by atoms with van der Waals surface area (Å²) in [6, 6.07) is 12.5. The molecule has 0 aliphatic carbocycles. The molecule has 0 bridgehead atoms. The lowest BCUT2D eigenvalue weighted by atomic mass is 10.1. The van der Waals surface area contributed by atoms with Crippen LogP contribution in [-0.2, 0) is 13.0 Å². The average molecular weight is 261 g/mol. The number of benzene rings is 1. The Morgan fingerprint density at radius 1 is 1.17 bits per heavy atom. The van der Waals surface area contributed by atoms with Crippen molar-refractivity contribution in [2.24, 2.45) is 0 Å². The molecule has 96 valence electrons. The highest BCUT2D eigenvalue weighted by Gasteiger charge is 2.00. The van der Waals surface area contributed by atoms with E-state index in [0.717, 1.165) is 25.3 Å². The minimum atomic E-state index is 0.711. The van der Waals surface area contributed by atoms with Crippen molar-refractivity contribution in [3.8, 4) is 5.75 Å². The van der Waals surface area contributed by atoms with Crippen molar-refractivity contribution in [2.45, 2.75) is 19.9 Å². The summed E-state index contributed by atoms with van der Waals surface area (Å²) in [5, 5.41) is 5.48. The molecule has 0 saturated carbocycles. The molecule has 3 heteroatoms. The highest BCUT2D eigenvalue weighted by molar-refractivity contribution is 7.09. The van der Waals surface area contributed by atoms with Gasteiger partial charge >= 0.3 is 0 Å². The van der Waals surface area contributed by atoms with Crippen LogP contribution in [0.15, 0.2) is 41.8 Å². The molecule has 0 atom stereocenters. The number of ether oxygens (including phenoxy) is 1. The highest BCUT2D eigenvalue weighted by atomic mass is 32.1. The van der Waals surface area contributed by atoms with Crippen molar-refractivity contribution in [3.05, 3.63) is 52.2 Å². The topological polar surface area (TPSA) is 21.3 Å². The fraction of sp³-hybridized carbons (Fsp3) is 0.333. The van der Waals surface area contributed by atoms with E-state index in [1.165, 1.54) is 10.4 Å². The molecule has 0 spiro atoms. The van der Waals surface area contributed by atoms with Crippen LogP contribution in [0.4, 0.5) is 0 Å². The van der Waals surface area contributed by atoms with Gasteiger partial charge in [-0.2, -0.15) is 0 Å². The number of hydrogen-bond acceptors (Lipinski definition) is 3. The van der Waals surface area contributed by atoms with E-state index in [-0.39, 0.29) is 0 Å². The third-order valence-corrected chi connectivity index (χ3v) is 3.65. The van der Waals surface area contributed by atoms with Crippen LogP contribution in [0.3, 0.4) is 0 Å². The second-order valence-electron chi connectivity index (χ2n) is 4.07. The zero-order chi connectivity index (χ0) is 12.6. The number of nitrogens with one attached hydrogen (secondary N) is 1. The monoisotopic (exact) mass is 261 g/mol. The van der Waals surface area contributed by atoms with E-state index in [4.69, 9.17) is 4.74 Å². The third-order valence-electron chi connectivity index (χ3n) is 2.77. The smallest absolute Gasteiger partial charge is 0.122 e. The Morgan fingerprint density at radius 3 is 2.83 bits per heavy atom. The zero-order valence-electron chi connectivity index (χ0n) is 10.7. The van der Waals surface area contributed by atoms with Crippen molar-refractivity contribution >= 4 is 11.3 Å². The van der Waals surface area contributed by atoms with E-state index in [9.17, 15) is 0 Å². The second kappa shape index (κ2) is 7.19. The summed E-state index contributed by atoms with van der Waals surface area (Å²) in [5.74, 6) is 1.01. The van der Waals surface area contributed by atoms with Crippen LogP contribution in [0.1, 0.15) is 17.4 Å². The van der Waals surface area contributed by atoms with Crippen molar-refractivity contribution in [1.29, 1.82) is 0 Å². The lowest BCUT2D eigenvalue weighted by molar-refractivity contribution is 0.311. The number of hydrogen-bond donors (Lipinski definition) is 1. The number of para-hydroxylation sites is 1. The average Bonchev–Trinajstić information content (AvgIpc) is 2.92. The number of aryl methyl sites for hydroxylation is 1. The van der Waals surface area contributed by atoms with Gasteiger partial charge in [0.25, 0.3) is 0 Å². The normalized spacial score (nSPS) is 10.5. The number of rotatable bonds is 7. The van der Waals surface area contributed by atoms with Gasteiger partial charge in [0, 0.05) is 18.0 Å². The molecule has 1 N–H and O–H groups in total. The van der Waals surface area contributed by atoms with E-state index >= 15 is 0 Å². The van der Waals surface area contributed by atoms with E-state index in [0.29, 0.717) is 6.61 Å². The highest BCUT2D eigenvalue weighted by Crippen LogP contribution is 2.17. The van der Waals surface area contributed by atoms with Gasteiger partial charge in [0.1, 0.15) is 12.4 Å². The SMILES string of the molecule is CCc1ccccc1OCCNCc1cccs1. The van der Waals surface area contributed by atoms with Gasteiger partial charge in [-0.25, -0.2) is 0 Å². The lowest BCUT2D eigenvalue weighted by Gasteiger charge is -2.10. The van der Waals surface area contributed by atoms with Gasteiger partial charge < -0.3 is 10.1 Å². The molecule has 0 fully saturated rings. The first kappa shape index (κ1) is 13.1. The summed E-state index contributed by atoms with van der Waals surface area (Å²) in [5.41, 5.74) is 1.27. The Hall–Kier alpha value is -1.32. The van der Waals surface area contributed by atoms with Crippen LogP contribution in [0.5, 0.6) is 5.75 Å².